The third-order valence-electron chi connectivity index (χ3n) is 1.56. The monoisotopic (exact) mass is 200 g/mol. The summed E-state index contributed by atoms with van der Waals surface area (Å²) in [6.45, 7) is 14.0. The molecule has 14 heavy (non-hydrogen) atoms. The molecule has 0 atom stereocenters. The van der Waals surface area contributed by atoms with E-state index in [4.69, 9.17) is 0 Å². The Morgan fingerprint density at radius 2 is 1.50 bits per heavy atom. The molecule has 0 saturated carbocycles. The van der Waals surface area contributed by atoms with Crippen molar-refractivity contribution < 1.29 is 4.79 Å². The predicted molar refractivity (Wildman–Crippen MR) is 60.3 cm³/mol. The first-order valence-corrected chi connectivity index (χ1v) is 5.27. The molecule has 0 aliphatic carbocycles. The Labute approximate surface area is 87.9 Å². The van der Waals surface area contributed by atoms with Gasteiger partial charge in [-0.1, -0.05) is 27.7 Å². The Bertz CT molecular complexity index is 161. The molecule has 0 bridgehead atoms. The molecule has 0 aromatic carbocycles. The number of hydrogen-bond acceptors (Lipinski definition) is 2. The van der Waals surface area contributed by atoms with Gasteiger partial charge in [-0.2, -0.15) is 0 Å². The minimum atomic E-state index is 0.191. The van der Waals surface area contributed by atoms with Crippen molar-refractivity contribution in [3.05, 3.63) is 0 Å². The molecule has 1 rings (SSSR count). The molecule has 1 aliphatic rings. The van der Waals surface area contributed by atoms with Crippen molar-refractivity contribution >= 4 is 5.91 Å². The number of hydrogen-bond donors (Lipinski definition) is 1. The number of piperazine rings is 1. The van der Waals surface area contributed by atoms with E-state index in [1.807, 2.05) is 4.90 Å². The summed E-state index contributed by atoms with van der Waals surface area (Å²) in [5.41, 5.74) is 0.500. The highest BCUT2D eigenvalue weighted by Gasteiger charge is 2.10. The molecule has 1 aliphatic heterocycles. The molecule has 3 nitrogen and oxygen atoms in total. The molecule has 1 amide bonds. The third kappa shape index (κ3) is 9.52. The topological polar surface area (TPSA) is 32.3 Å². The van der Waals surface area contributed by atoms with Crippen LogP contribution in [0.5, 0.6) is 0 Å². The van der Waals surface area contributed by atoms with E-state index in [1.54, 1.807) is 6.92 Å². The molecule has 0 spiro atoms. The summed E-state index contributed by atoms with van der Waals surface area (Å²) >= 11 is 0. The maximum absolute atomic E-state index is 10.7. The first kappa shape index (κ1) is 13.4. The Morgan fingerprint density at radius 1 is 1.14 bits per heavy atom. The quantitative estimate of drug-likeness (QED) is 0.642. The lowest BCUT2D eigenvalue weighted by molar-refractivity contribution is -0.129. The van der Waals surface area contributed by atoms with Crippen LogP contribution in [0, 0.1) is 5.41 Å². The van der Waals surface area contributed by atoms with Gasteiger partial charge in [0.1, 0.15) is 0 Å². The maximum Gasteiger partial charge on any atom is 0.219 e. The summed E-state index contributed by atoms with van der Waals surface area (Å²) in [6, 6.07) is 0. The molecule has 0 aromatic rings. The van der Waals surface area contributed by atoms with Crippen LogP contribution in [0.15, 0.2) is 0 Å². The minimum Gasteiger partial charge on any atom is -0.340 e. The van der Waals surface area contributed by atoms with E-state index in [2.05, 4.69) is 33.0 Å². The fraction of sp³-hybridized carbons (Fsp3) is 0.909. The maximum atomic E-state index is 10.7. The van der Waals surface area contributed by atoms with Crippen LogP contribution in [0.3, 0.4) is 0 Å². The van der Waals surface area contributed by atoms with E-state index in [-0.39, 0.29) is 5.91 Å². The second-order valence-electron chi connectivity index (χ2n) is 5.26. The van der Waals surface area contributed by atoms with Crippen LogP contribution in [0.4, 0.5) is 0 Å². The Morgan fingerprint density at radius 3 is 1.71 bits per heavy atom. The second kappa shape index (κ2) is 6.02. The first-order chi connectivity index (χ1) is 6.30. The van der Waals surface area contributed by atoms with Gasteiger partial charge in [-0.05, 0) is 5.41 Å². The van der Waals surface area contributed by atoms with Crippen LogP contribution in [0.1, 0.15) is 34.6 Å². The van der Waals surface area contributed by atoms with Crippen molar-refractivity contribution in [2.75, 3.05) is 26.2 Å². The molecule has 84 valence electrons. The zero-order chi connectivity index (χ0) is 11.2. The molecular formula is C11H24N2O. The molecule has 1 N–H and O–H groups in total. The molecule has 1 heterocycles. The third-order valence-corrected chi connectivity index (χ3v) is 1.56. The Kier molecular flexibility index (Phi) is 5.77. The molecule has 0 radical (unpaired) electrons. The Hall–Kier alpha value is -0.570. The minimum absolute atomic E-state index is 0.191. The van der Waals surface area contributed by atoms with Gasteiger partial charge >= 0.3 is 0 Å². The van der Waals surface area contributed by atoms with Crippen LogP contribution < -0.4 is 5.32 Å². The van der Waals surface area contributed by atoms with Crippen LogP contribution in [-0.4, -0.2) is 37.0 Å². The molecule has 1 saturated heterocycles. The fourth-order valence-electron chi connectivity index (χ4n) is 0.980. The number of carbonyl (C=O) groups excluding carboxylic acids is 1. The van der Waals surface area contributed by atoms with Crippen molar-refractivity contribution in [2.24, 2.45) is 5.41 Å². The molecule has 1 fully saturated rings. The zero-order valence-electron chi connectivity index (χ0n) is 10.2. The lowest BCUT2D eigenvalue weighted by Gasteiger charge is -2.25. The van der Waals surface area contributed by atoms with Crippen molar-refractivity contribution in [1.29, 1.82) is 0 Å². The van der Waals surface area contributed by atoms with Crippen LogP contribution in [-0.2, 0) is 4.79 Å². The van der Waals surface area contributed by atoms with Gasteiger partial charge < -0.3 is 10.2 Å². The summed E-state index contributed by atoms with van der Waals surface area (Å²) in [6.07, 6.45) is 0. The fourth-order valence-corrected chi connectivity index (χ4v) is 0.980. The smallest absolute Gasteiger partial charge is 0.219 e. The summed E-state index contributed by atoms with van der Waals surface area (Å²) < 4.78 is 0. The number of amides is 1. The largest absolute Gasteiger partial charge is 0.340 e. The Balaban J connectivity index is 0.000000292. The highest BCUT2D eigenvalue weighted by molar-refractivity contribution is 5.73. The van der Waals surface area contributed by atoms with E-state index in [9.17, 15) is 4.79 Å². The van der Waals surface area contributed by atoms with Gasteiger partial charge in [-0.15, -0.1) is 0 Å². The number of rotatable bonds is 0. The number of nitrogens with one attached hydrogen (secondary N) is 1. The first-order valence-electron chi connectivity index (χ1n) is 5.27. The number of nitrogens with zero attached hydrogens (tertiary/aromatic N) is 1. The van der Waals surface area contributed by atoms with Crippen molar-refractivity contribution in [1.82, 2.24) is 10.2 Å². The highest BCUT2D eigenvalue weighted by atomic mass is 16.2. The summed E-state index contributed by atoms with van der Waals surface area (Å²) in [4.78, 5) is 12.6. The molecular weight excluding hydrogens is 176 g/mol. The van der Waals surface area contributed by atoms with E-state index >= 15 is 0 Å². The van der Waals surface area contributed by atoms with Crippen LogP contribution in [0.2, 0.25) is 0 Å². The van der Waals surface area contributed by atoms with Gasteiger partial charge in [0.15, 0.2) is 0 Å². The lowest BCUT2D eigenvalue weighted by atomic mass is 10.0. The van der Waals surface area contributed by atoms with Gasteiger partial charge in [0.25, 0.3) is 0 Å². The summed E-state index contributed by atoms with van der Waals surface area (Å²) in [5, 5.41) is 3.18. The molecule has 0 unspecified atom stereocenters. The SMILES string of the molecule is CC(=O)N1CCNCC1.CC(C)(C)C. The van der Waals surface area contributed by atoms with Crippen molar-refractivity contribution in [3.63, 3.8) is 0 Å². The lowest BCUT2D eigenvalue weighted by Crippen LogP contribution is -2.45. The van der Waals surface area contributed by atoms with Gasteiger partial charge in [-0.25, -0.2) is 0 Å². The van der Waals surface area contributed by atoms with E-state index in [0.717, 1.165) is 26.2 Å². The predicted octanol–water partition coefficient (Wildman–Crippen LogP) is 1.49. The van der Waals surface area contributed by atoms with Gasteiger partial charge in [0.2, 0.25) is 5.91 Å². The van der Waals surface area contributed by atoms with Crippen molar-refractivity contribution in [3.8, 4) is 0 Å². The van der Waals surface area contributed by atoms with Crippen LogP contribution in [0.25, 0.3) is 0 Å². The second-order valence-corrected chi connectivity index (χ2v) is 5.26. The van der Waals surface area contributed by atoms with E-state index in [1.165, 1.54) is 0 Å². The average Bonchev–Trinajstić information content (AvgIpc) is 2.03. The van der Waals surface area contributed by atoms with E-state index < -0.39 is 0 Å². The highest BCUT2D eigenvalue weighted by Crippen LogP contribution is 2.08. The molecule has 3 heteroatoms. The summed E-state index contributed by atoms with van der Waals surface area (Å²) in [7, 11) is 0. The normalized spacial score (nSPS) is 17.1. The van der Waals surface area contributed by atoms with Gasteiger partial charge in [-0.3, -0.25) is 4.79 Å². The van der Waals surface area contributed by atoms with Crippen molar-refractivity contribution in [2.45, 2.75) is 34.6 Å². The average molecular weight is 200 g/mol. The molecule has 0 aromatic heterocycles. The number of carbonyl (C=O) groups is 1. The van der Waals surface area contributed by atoms with Gasteiger partial charge in [0, 0.05) is 33.1 Å². The summed E-state index contributed by atoms with van der Waals surface area (Å²) in [5.74, 6) is 0.191. The van der Waals surface area contributed by atoms with E-state index in [0.29, 0.717) is 5.41 Å². The zero-order valence-corrected chi connectivity index (χ0v) is 10.2. The van der Waals surface area contributed by atoms with Gasteiger partial charge in [0.05, 0.1) is 0 Å². The standard InChI is InChI=1S/C6H12N2O.C5H12/c1-6(9)8-4-2-7-3-5-8;1-5(2,3)4/h7H,2-5H2,1H3;1-4H3. The van der Waals surface area contributed by atoms with Crippen LogP contribution >= 0.6 is 0 Å².